The van der Waals surface area contributed by atoms with Gasteiger partial charge in [0, 0.05) is 12.0 Å². The fourth-order valence-electron chi connectivity index (χ4n) is 1.40. The number of allylic oxidation sites excluding steroid dienone is 5. The van der Waals surface area contributed by atoms with Crippen LogP contribution in [-0.2, 0) is 4.79 Å². The third-order valence-electron chi connectivity index (χ3n) is 2.10. The van der Waals surface area contributed by atoms with E-state index in [1.807, 2.05) is 25.1 Å². The second kappa shape index (κ2) is 5.52. The molecule has 0 saturated heterocycles. The van der Waals surface area contributed by atoms with Crippen molar-refractivity contribution in [2.45, 2.75) is 19.3 Å². The molecule has 0 radical (unpaired) electrons. The average molecular weight is 177 g/mol. The number of rotatable bonds is 4. The Kier molecular flexibility index (Phi) is 4.24. The molecule has 1 aliphatic carbocycles. The fourth-order valence-corrected chi connectivity index (χ4v) is 1.40. The molecule has 0 saturated carbocycles. The van der Waals surface area contributed by atoms with Crippen LogP contribution < -0.4 is 5.32 Å². The average Bonchev–Trinajstić information content (AvgIpc) is 2.19. The third-order valence-corrected chi connectivity index (χ3v) is 2.10. The van der Waals surface area contributed by atoms with Gasteiger partial charge in [-0.05, 0) is 32.5 Å². The minimum absolute atomic E-state index is 0.766. The number of nitrogens with one attached hydrogen (secondary N) is 1. The molecule has 0 aliphatic heterocycles. The van der Waals surface area contributed by atoms with Crippen LogP contribution in [0.2, 0.25) is 0 Å². The number of carbonyl (C=O) groups excluding carboxylic acids is 1. The van der Waals surface area contributed by atoms with Crippen molar-refractivity contribution in [3.63, 3.8) is 0 Å². The monoisotopic (exact) mass is 177 g/mol. The van der Waals surface area contributed by atoms with E-state index < -0.39 is 0 Å². The standard InChI is InChI=1S/C11H15NO/c1-12-7-3-6-10-4-2-5-11(8-10)9-13/h2,4-5,12H,3,6-8H2,1H3. The van der Waals surface area contributed by atoms with Gasteiger partial charge in [0.15, 0.2) is 0 Å². The lowest BCUT2D eigenvalue weighted by Crippen LogP contribution is -2.07. The molecule has 0 unspecified atom stereocenters. The van der Waals surface area contributed by atoms with Crippen molar-refractivity contribution in [2.24, 2.45) is 0 Å². The molecule has 0 aromatic rings. The summed E-state index contributed by atoms with van der Waals surface area (Å²) in [7, 11) is 1.95. The lowest BCUT2D eigenvalue weighted by Gasteiger charge is -2.08. The van der Waals surface area contributed by atoms with Crippen molar-refractivity contribution in [3.05, 3.63) is 29.4 Å². The Balaban J connectivity index is 2.39. The lowest BCUT2D eigenvalue weighted by molar-refractivity contribution is 0.567. The van der Waals surface area contributed by atoms with Gasteiger partial charge in [-0.1, -0.05) is 17.7 Å². The van der Waals surface area contributed by atoms with Gasteiger partial charge in [-0.15, -0.1) is 0 Å². The first-order chi connectivity index (χ1) is 6.36. The van der Waals surface area contributed by atoms with Gasteiger partial charge in [-0.3, -0.25) is 0 Å². The van der Waals surface area contributed by atoms with Crippen molar-refractivity contribution >= 4 is 5.94 Å². The summed E-state index contributed by atoms with van der Waals surface area (Å²) in [6.45, 7) is 1.03. The summed E-state index contributed by atoms with van der Waals surface area (Å²) in [4.78, 5) is 10.4. The van der Waals surface area contributed by atoms with E-state index in [1.54, 1.807) is 0 Å². The summed E-state index contributed by atoms with van der Waals surface area (Å²) >= 11 is 0. The molecule has 0 spiro atoms. The molecule has 2 nitrogen and oxygen atoms in total. The molecule has 0 atom stereocenters. The molecule has 70 valence electrons. The van der Waals surface area contributed by atoms with Crippen molar-refractivity contribution in [2.75, 3.05) is 13.6 Å². The van der Waals surface area contributed by atoms with Gasteiger partial charge >= 0.3 is 0 Å². The predicted molar refractivity (Wildman–Crippen MR) is 54.2 cm³/mol. The molecule has 2 heteroatoms. The molecule has 1 aliphatic rings. The van der Waals surface area contributed by atoms with E-state index in [-0.39, 0.29) is 0 Å². The molecule has 0 aromatic carbocycles. The van der Waals surface area contributed by atoms with E-state index in [0.717, 1.165) is 31.4 Å². The minimum atomic E-state index is 0.766. The topological polar surface area (TPSA) is 29.1 Å². The van der Waals surface area contributed by atoms with Crippen molar-refractivity contribution < 1.29 is 4.79 Å². The highest BCUT2D eigenvalue weighted by Gasteiger charge is 2.03. The van der Waals surface area contributed by atoms with Crippen LogP contribution in [0.5, 0.6) is 0 Å². The highest BCUT2D eigenvalue weighted by Crippen LogP contribution is 2.19. The zero-order valence-corrected chi connectivity index (χ0v) is 7.97. The molecule has 0 amide bonds. The summed E-state index contributed by atoms with van der Waals surface area (Å²) in [6.07, 6.45) is 8.83. The Morgan fingerprint density at radius 2 is 2.46 bits per heavy atom. The van der Waals surface area contributed by atoms with Crippen LogP contribution in [0.15, 0.2) is 29.4 Å². The Labute approximate surface area is 79.0 Å². The van der Waals surface area contributed by atoms with Crippen LogP contribution in [-0.4, -0.2) is 19.5 Å². The smallest absolute Gasteiger partial charge is 0.128 e. The van der Waals surface area contributed by atoms with Gasteiger partial charge in [0.1, 0.15) is 5.94 Å². The van der Waals surface area contributed by atoms with Gasteiger partial charge < -0.3 is 5.32 Å². The first-order valence-corrected chi connectivity index (χ1v) is 4.61. The molecule has 0 aromatic heterocycles. The largest absolute Gasteiger partial charge is 0.320 e. The minimum Gasteiger partial charge on any atom is -0.320 e. The van der Waals surface area contributed by atoms with Gasteiger partial charge in [-0.2, -0.15) is 0 Å². The molecule has 0 bridgehead atoms. The van der Waals surface area contributed by atoms with Gasteiger partial charge in [0.05, 0.1) is 0 Å². The van der Waals surface area contributed by atoms with Crippen LogP contribution >= 0.6 is 0 Å². The maximum Gasteiger partial charge on any atom is 0.128 e. The number of hydrogen-bond acceptors (Lipinski definition) is 2. The van der Waals surface area contributed by atoms with E-state index >= 15 is 0 Å². The highest BCUT2D eigenvalue weighted by molar-refractivity contribution is 5.60. The zero-order valence-electron chi connectivity index (χ0n) is 7.97. The maximum atomic E-state index is 10.4. The Morgan fingerprint density at radius 3 is 3.15 bits per heavy atom. The first-order valence-electron chi connectivity index (χ1n) is 4.61. The van der Waals surface area contributed by atoms with Crippen LogP contribution in [0.25, 0.3) is 0 Å². The molecule has 0 heterocycles. The van der Waals surface area contributed by atoms with Crippen molar-refractivity contribution in [1.82, 2.24) is 5.32 Å². The van der Waals surface area contributed by atoms with Crippen LogP contribution in [0.1, 0.15) is 19.3 Å². The Hall–Kier alpha value is -1.11. The fraction of sp³-hybridized carbons (Fsp3) is 0.455. The molecular weight excluding hydrogens is 162 g/mol. The van der Waals surface area contributed by atoms with Crippen LogP contribution in [0.4, 0.5) is 0 Å². The molecular formula is C11H15NO. The van der Waals surface area contributed by atoms with E-state index in [0.29, 0.717) is 0 Å². The van der Waals surface area contributed by atoms with Gasteiger partial charge in [0.25, 0.3) is 0 Å². The molecule has 13 heavy (non-hydrogen) atoms. The summed E-state index contributed by atoms with van der Waals surface area (Å²) in [5, 5.41) is 3.10. The lowest BCUT2D eigenvalue weighted by atomic mass is 9.97. The van der Waals surface area contributed by atoms with E-state index in [9.17, 15) is 4.79 Å². The predicted octanol–water partition coefficient (Wildman–Crippen LogP) is 1.63. The zero-order chi connectivity index (χ0) is 9.52. The Morgan fingerprint density at radius 1 is 1.62 bits per heavy atom. The molecule has 0 fully saturated rings. The van der Waals surface area contributed by atoms with Crippen LogP contribution in [0.3, 0.4) is 0 Å². The van der Waals surface area contributed by atoms with Crippen molar-refractivity contribution in [3.8, 4) is 0 Å². The first kappa shape index (κ1) is 9.97. The SMILES string of the molecule is CNCCCC1=CC=CC(=C=O)C1. The second-order valence-corrected chi connectivity index (χ2v) is 3.20. The summed E-state index contributed by atoms with van der Waals surface area (Å²) < 4.78 is 0. The molecule has 1 N–H and O–H groups in total. The second-order valence-electron chi connectivity index (χ2n) is 3.20. The van der Waals surface area contributed by atoms with E-state index in [2.05, 4.69) is 11.4 Å². The van der Waals surface area contributed by atoms with Gasteiger partial charge in [0.2, 0.25) is 0 Å². The summed E-state index contributed by atoms with van der Waals surface area (Å²) in [5.74, 6) is 1.95. The molecule has 1 rings (SSSR count). The maximum absolute atomic E-state index is 10.4. The Bertz CT molecular complexity index is 270. The third kappa shape index (κ3) is 3.41. The quantitative estimate of drug-likeness (QED) is 0.522. The van der Waals surface area contributed by atoms with Crippen LogP contribution in [0, 0.1) is 0 Å². The van der Waals surface area contributed by atoms with Crippen molar-refractivity contribution in [1.29, 1.82) is 0 Å². The van der Waals surface area contributed by atoms with E-state index in [4.69, 9.17) is 0 Å². The van der Waals surface area contributed by atoms with Gasteiger partial charge in [-0.25, -0.2) is 4.79 Å². The summed E-state index contributed by atoms with van der Waals surface area (Å²) in [5.41, 5.74) is 2.10. The highest BCUT2D eigenvalue weighted by atomic mass is 16.1. The van der Waals surface area contributed by atoms with E-state index in [1.165, 1.54) is 5.57 Å². The normalized spacial score (nSPS) is 15.5. The summed E-state index contributed by atoms with van der Waals surface area (Å²) in [6, 6.07) is 0. The number of hydrogen-bond donors (Lipinski definition) is 1.